The second-order valence-electron chi connectivity index (χ2n) is 10.3. The van der Waals surface area contributed by atoms with Crippen LogP contribution in [0, 0.1) is 11.3 Å². The molecule has 0 N–H and O–H groups in total. The van der Waals surface area contributed by atoms with Crippen molar-refractivity contribution in [2.45, 2.75) is 25.7 Å². The third-order valence-corrected chi connectivity index (χ3v) is 7.83. The minimum atomic E-state index is -0.243. The number of nitriles is 1. The summed E-state index contributed by atoms with van der Waals surface area (Å²) in [6, 6.07) is 19.4. The summed E-state index contributed by atoms with van der Waals surface area (Å²) in [5.74, 6) is 1.69. The summed E-state index contributed by atoms with van der Waals surface area (Å²) in [7, 11) is 0. The molecular formula is C30H28N6O5. The molecule has 0 aliphatic carbocycles. The summed E-state index contributed by atoms with van der Waals surface area (Å²) in [4.78, 5) is 17.8. The lowest BCUT2D eigenvalue weighted by Crippen LogP contribution is -2.39. The molecule has 41 heavy (non-hydrogen) atoms. The first-order valence-electron chi connectivity index (χ1n) is 13.6. The van der Waals surface area contributed by atoms with Crippen molar-refractivity contribution >= 4 is 17.1 Å². The van der Waals surface area contributed by atoms with Crippen LogP contribution in [0.25, 0.3) is 11.0 Å². The van der Waals surface area contributed by atoms with Crippen molar-refractivity contribution in [1.29, 1.82) is 5.26 Å². The van der Waals surface area contributed by atoms with Gasteiger partial charge in [-0.1, -0.05) is 17.3 Å². The Bertz CT molecular complexity index is 1600. The second kappa shape index (κ2) is 10.8. The SMILES string of the molecule is N#Cc1ccc2nnn(C(=O)N3CCCN(C(c4ccc5c(c4)COCO5)c4ccc5c(c4)COCO5)CC3)c2c1. The van der Waals surface area contributed by atoms with Crippen molar-refractivity contribution in [3.8, 4) is 17.6 Å². The molecule has 3 aliphatic heterocycles. The summed E-state index contributed by atoms with van der Waals surface area (Å²) in [6.45, 7) is 4.07. The van der Waals surface area contributed by atoms with Crippen LogP contribution in [0.4, 0.5) is 4.79 Å². The van der Waals surface area contributed by atoms with Crippen LogP contribution in [0.3, 0.4) is 0 Å². The molecule has 0 atom stereocenters. The monoisotopic (exact) mass is 552 g/mol. The Hall–Kier alpha value is -4.50. The van der Waals surface area contributed by atoms with Gasteiger partial charge in [0.25, 0.3) is 0 Å². The molecule has 0 radical (unpaired) electrons. The van der Waals surface area contributed by atoms with E-state index in [2.05, 4.69) is 45.5 Å². The molecule has 4 aromatic rings. The van der Waals surface area contributed by atoms with Crippen LogP contribution >= 0.6 is 0 Å². The predicted octanol–water partition coefficient (Wildman–Crippen LogP) is 3.80. The van der Waals surface area contributed by atoms with Gasteiger partial charge in [-0.05, 0) is 60.0 Å². The molecule has 1 saturated heterocycles. The molecule has 1 aromatic heterocycles. The molecule has 1 amide bonds. The number of hydrogen-bond donors (Lipinski definition) is 0. The molecule has 1 fully saturated rings. The van der Waals surface area contributed by atoms with Crippen LogP contribution in [-0.4, -0.2) is 70.6 Å². The topological polar surface area (TPSA) is 115 Å². The molecule has 11 heteroatoms. The minimum Gasteiger partial charge on any atom is -0.467 e. The van der Waals surface area contributed by atoms with Crippen LogP contribution in [0.5, 0.6) is 11.5 Å². The largest absolute Gasteiger partial charge is 0.467 e. The van der Waals surface area contributed by atoms with E-state index in [4.69, 9.17) is 18.9 Å². The number of carbonyl (C=O) groups is 1. The number of ether oxygens (including phenoxy) is 4. The molecule has 11 nitrogen and oxygen atoms in total. The number of benzene rings is 3. The number of amides is 1. The van der Waals surface area contributed by atoms with Crippen molar-refractivity contribution in [2.75, 3.05) is 39.8 Å². The van der Waals surface area contributed by atoms with E-state index in [9.17, 15) is 10.1 Å². The zero-order chi connectivity index (χ0) is 27.8. The van der Waals surface area contributed by atoms with Crippen molar-refractivity contribution in [1.82, 2.24) is 24.8 Å². The van der Waals surface area contributed by atoms with Crippen molar-refractivity contribution in [2.24, 2.45) is 0 Å². The summed E-state index contributed by atoms with van der Waals surface area (Å²) >= 11 is 0. The van der Waals surface area contributed by atoms with Gasteiger partial charge >= 0.3 is 6.03 Å². The van der Waals surface area contributed by atoms with Gasteiger partial charge in [0.2, 0.25) is 0 Å². The van der Waals surface area contributed by atoms with Crippen LogP contribution in [-0.2, 0) is 22.7 Å². The highest BCUT2D eigenvalue weighted by Gasteiger charge is 2.29. The number of aromatic nitrogens is 3. The molecule has 4 heterocycles. The van der Waals surface area contributed by atoms with Gasteiger partial charge in [0.05, 0.1) is 30.9 Å². The van der Waals surface area contributed by atoms with E-state index in [1.165, 1.54) is 4.68 Å². The number of rotatable bonds is 3. The maximum atomic E-state index is 13.6. The number of hydrogen-bond acceptors (Lipinski definition) is 9. The zero-order valence-electron chi connectivity index (χ0n) is 22.4. The lowest BCUT2D eigenvalue weighted by Gasteiger charge is -2.33. The van der Waals surface area contributed by atoms with Crippen molar-refractivity contribution < 1.29 is 23.7 Å². The highest BCUT2D eigenvalue weighted by atomic mass is 16.7. The first kappa shape index (κ1) is 25.5. The molecular weight excluding hydrogens is 524 g/mol. The Labute approximate surface area is 236 Å². The summed E-state index contributed by atoms with van der Waals surface area (Å²) in [6.07, 6.45) is 0.784. The molecule has 0 spiro atoms. The average molecular weight is 553 g/mol. The smallest absolute Gasteiger partial charge is 0.346 e. The highest BCUT2D eigenvalue weighted by molar-refractivity contribution is 5.88. The molecule has 0 bridgehead atoms. The Morgan fingerprint density at radius 3 is 2.24 bits per heavy atom. The number of nitrogens with zero attached hydrogens (tertiary/aromatic N) is 6. The molecule has 208 valence electrons. The first-order valence-corrected chi connectivity index (χ1v) is 13.6. The van der Waals surface area contributed by atoms with E-state index in [1.807, 2.05) is 17.0 Å². The lowest BCUT2D eigenvalue weighted by molar-refractivity contribution is -0.0164. The van der Waals surface area contributed by atoms with Crippen LogP contribution in [0.15, 0.2) is 54.6 Å². The van der Waals surface area contributed by atoms with Gasteiger partial charge in [-0.2, -0.15) is 9.94 Å². The third kappa shape index (κ3) is 4.86. The number of carbonyl (C=O) groups excluding carboxylic acids is 1. The quantitative estimate of drug-likeness (QED) is 0.374. The van der Waals surface area contributed by atoms with E-state index >= 15 is 0 Å². The molecule has 3 aliphatic rings. The second-order valence-corrected chi connectivity index (χ2v) is 10.3. The zero-order valence-corrected chi connectivity index (χ0v) is 22.4. The third-order valence-electron chi connectivity index (χ3n) is 7.83. The summed E-state index contributed by atoms with van der Waals surface area (Å²) in [5.41, 5.74) is 5.86. The standard InChI is InChI=1S/C30H28N6O5/c31-15-20-2-5-25-26(12-20)36(33-32-25)30(37)35-9-1-8-34(10-11-35)29(21-3-6-27-23(13-21)16-38-18-40-27)22-4-7-28-24(14-22)17-39-19-41-28/h2-7,12-14,29H,1,8-11,16-19H2. The van der Waals surface area contributed by atoms with Crippen LogP contribution < -0.4 is 9.47 Å². The minimum absolute atomic E-state index is 0.0603. The molecule has 3 aromatic carbocycles. The fraction of sp³-hybridized carbons (Fsp3) is 0.333. The van der Waals surface area contributed by atoms with Gasteiger partial charge < -0.3 is 23.8 Å². The van der Waals surface area contributed by atoms with Gasteiger partial charge in [0.15, 0.2) is 13.6 Å². The number of fused-ring (bicyclic) bond motifs is 3. The Kier molecular flexibility index (Phi) is 6.72. The van der Waals surface area contributed by atoms with Gasteiger partial charge in [-0.3, -0.25) is 4.90 Å². The Morgan fingerprint density at radius 1 is 0.854 bits per heavy atom. The normalized spacial score (nSPS) is 17.2. The van der Waals surface area contributed by atoms with Crippen molar-refractivity contribution in [3.63, 3.8) is 0 Å². The van der Waals surface area contributed by atoms with Crippen molar-refractivity contribution in [3.05, 3.63) is 82.4 Å². The molecule has 7 rings (SSSR count). The highest BCUT2D eigenvalue weighted by Crippen LogP contribution is 2.36. The Morgan fingerprint density at radius 2 is 1.56 bits per heavy atom. The van der Waals surface area contributed by atoms with Gasteiger partial charge in [0.1, 0.15) is 22.5 Å². The van der Waals surface area contributed by atoms with E-state index in [0.29, 0.717) is 49.4 Å². The van der Waals surface area contributed by atoms with E-state index < -0.39 is 0 Å². The van der Waals surface area contributed by atoms with Crippen LogP contribution in [0.1, 0.15) is 40.3 Å². The fourth-order valence-corrected chi connectivity index (χ4v) is 5.82. The van der Waals surface area contributed by atoms with Crippen LogP contribution in [0.2, 0.25) is 0 Å². The summed E-state index contributed by atoms with van der Waals surface area (Å²) in [5, 5.41) is 17.6. The maximum Gasteiger partial charge on any atom is 0.346 e. The summed E-state index contributed by atoms with van der Waals surface area (Å²) < 4.78 is 23.8. The van der Waals surface area contributed by atoms with Gasteiger partial charge in [0, 0.05) is 37.3 Å². The Balaban J connectivity index is 1.19. The molecule has 0 unspecified atom stereocenters. The molecule has 0 saturated carbocycles. The van der Waals surface area contributed by atoms with Gasteiger partial charge in [-0.15, -0.1) is 5.10 Å². The van der Waals surface area contributed by atoms with Gasteiger partial charge in [-0.25, -0.2) is 4.79 Å². The average Bonchev–Trinajstić information content (AvgIpc) is 3.30. The van der Waals surface area contributed by atoms with E-state index in [0.717, 1.165) is 46.7 Å². The van der Waals surface area contributed by atoms with E-state index in [-0.39, 0.29) is 25.7 Å². The predicted molar refractivity (Wildman–Crippen MR) is 146 cm³/mol. The lowest BCUT2D eigenvalue weighted by atomic mass is 9.93. The first-order chi connectivity index (χ1) is 20.2. The maximum absolute atomic E-state index is 13.6. The fourth-order valence-electron chi connectivity index (χ4n) is 5.82. The van der Waals surface area contributed by atoms with E-state index in [1.54, 1.807) is 18.2 Å².